The van der Waals surface area contributed by atoms with E-state index in [1.807, 2.05) is 6.07 Å². The minimum absolute atomic E-state index is 0.0698. The Balaban J connectivity index is 2.19. The number of nitrogens with zero attached hydrogens (tertiary/aromatic N) is 1. The molecule has 1 aromatic carbocycles. The van der Waals surface area contributed by atoms with Crippen LogP contribution in [0.2, 0.25) is 0 Å². The molecule has 0 saturated carbocycles. The molecule has 7 nitrogen and oxygen atoms in total. The molecule has 0 saturated heterocycles. The van der Waals surface area contributed by atoms with Crippen molar-refractivity contribution in [1.29, 1.82) is 0 Å². The summed E-state index contributed by atoms with van der Waals surface area (Å²) in [5.74, 6) is 3.29. The van der Waals surface area contributed by atoms with Gasteiger partial charge in [-0.25, -0.2) is 0 Å². The van der Waals surface area contributed by atoms with E-state index in [0.717, 1.165) is 86.8 Å². The van der Waals surface area contributed by atoms with Crippen molar-refractivity contribution in [3.8, 4) is 11.5 Å². The molecule has 0 spiro atoms. The molecule has 0 bridgehead atoms. The summed E-state index contributed by atoms with van der Waals surface area (Å²) >= 11 is 0. The molecule has 0 atom stereocenters. The number of carbonyl (C=O) groups excluding carboxylic acids is 2. The normalized spacial score (nSPS) is 11.6. The van der Waals surface area contributed by atoms with Gasteiger partial charge in [-0.2, -0.15) is 0 Å². The summed E-state index contributed by atoms with van der Waals surface area (Å²) in [5.41, 5.74) is 1.13. The van der Waals surface area contributed by atoms with Crippen molar-refractivity contribution < 1.29 is 28.5 Å². The summed E-state index contributed by atoms with van der Waals surface area (Å²) in [7, 11) is 4.11. The first-order chi connectivity index (χ1) is 30.3. The molecule has 0 aliphatic heterocycles. The molecule has 0 aromatic heterocycles. The minimum Gasteiger partial charge on any atom is -0.493 e. The summed E-state index contributed by atoms with van der Waals surface area (Å²) in [6.07, 6.45) is 40.8. The molecule has 7 heteroatoms. The maximum absolute atomic E-state index is 12.3. The minimum atomic E-state index is -0.0698. The molecular weight excluding hydrogens is 771 g/mol. The van der Waals surface area contributed by atoms with E-state index in [4.69, 9.17) is 18.9 Å². The molecule has 0 fully saturated rings. The topological polar surface area (TPSA) is 74.3 Å². The van der Waals surface area contributed by atoms with Crippen LogP contribution in [0.3, 0.4) is 0 Å². The molecule has 62 heavy (non-hydrogen) atoms. The predicted molar refractivity (Wildman–Crippen MR) is 263 cm³/mol. The van der Waals surface area contributed by atoms with Crippen molar-refractivity contribution >= 4 is 11.9 Å². The Kier molecular flexibility index (Phi) is 39.7. The molecule has 0 aliphatic rings. The zero-order valence-corrected chi connectivity index (χ0v) is 41.9. The number of benzene rings is 1. The zero-order valence-electron chi connectivity index (χ0n) is 41.9. The molecule has 0 aliphatic carbocycles. The van der Waals surface area contributed by atoms with Crippen LogP contribution in [0.25, 0.3) is 0 Å². The Morgan fingerprint density at radius 3 is 1.10 bits per heavy atom. The molecule has 1 rings (SSSR count). The maximum atomic E-state index is 12.3. The second kappa shape index (κ2) is 42.7. The highest BCUT2D eigenvalue weighted by Crippen LogP contribution is 2.27. The Bertz CT molecular complexity index is 1060. The number of hydrogen-bond donors (Lipinski definition) is 0. The lowest BCUT2D eigenvalue weighted by Gasteiger charge is -2.16. The van der Waals surface area contributed by atoms with Crippen molar-refractivity contribution in [2.24, 2.45) is 11.8 Å². The predicted octanol–water partition coefficient (Wildman–Crippen LogP) is 16.2. The van der Waals surface area contributed by atoms with E-state index in [0.29, 0.717) is 39.3 Å². The fourth-order valence-corrected chi connectivity index (χ4v) is 8.62. The van der Waals surface area contributed by atoms with Gasteiger partial charge in [0.05, 0.1) is 26.4 Å². The third-order valence-electron chi connectivity index (χ3n) is 12.4. The third kappa shape index (κ3) is 36.1. The van der Waals surface area contributed by atoms with Crippen molar-refractivity contribution in [2.45, 2.75) is 253 Å². The number of carbonyl (C=O) groups is 2. The number of unbranched alkanes of at least 4 members (excludes halogenated alkanes) is 18. The van der Waals surface area contributed by atoms with Gasteiger partial charge in [0.2, 0.25) is 0 Å². The Hall–Kier alpha value is -2.28. The first-order valence-corrected chi connectivity index (χ1v) is 26.7. The highest BCUT2D eigenvalue weighted by molar-refractivity contribution is 5.69. The number of ether oxygens (including phenoxy) is 4. The smallest absolute Gasteiger partial charge is 0.305 e. The molecule has 362 valence electrons. The van der Waals surface area contributed by atoms with Crippen LogP contribution >= 0.6 is 0 Å². The summed E-state index contributed by atoms with van der Waals surface area (Å²) in [6.45, 7) is 12.0. The monoisotopic (exact) mass is 872 g/mol. The average molecular weight is 872 g/mol. The van der Waals surface area contributed by atoms with Gasteiger partial charge in [-0.15, -0.1) is 0 Å². The lowest BCUT2D eigenvalue weighted by molar-refractivity contribution is -0.144. The fourth-order valence-electron chi connectivity index (χ4n) is 8.62. The van der Waals surface area contributed by atoms with E-state index < -0.39 is 0 Å². The largest absolute Gasteiger partial charge is 0.493 e. The maximum Gasteiger partial charge on any atom is 0.305 e. The average Bonchev–Trinajstić information content (AvgIpc) is 3.25. The van der Waals surface area contributed by atoms with Gasteiger partial charge in [-0.05, 0) is 82.2 Å². The summed E-state index contributed by atoms with van der Waals surface area (Å²) < 4.78 is 23.3. The zero-order chi connectivity index (χ0) is 45.1. The second-order valence-corrected chi connectivity index (χ2v) is 18.9. The summed E-state index contributed by atoms with van der Waals surface area (Å²) in [5, 5.41) is 0. The summed E-state index contributed by atoms with van der Waals surface area (Å²) in [6, 6.07) is 6.11. The lowest BCUT2D eigenvalue weighted by atomic mass is 9.90. The molecule has 0 amide bonds. The van der Waals surface area contributed by atoms with Crippen LogP contribution in [0.5, 0.6) is 11.5 Å². The van der Waals surface area contributed by atoms with Gasteiger partial charge >= 0.3 is 11.9 Å². The van der Waals surface area contributed by atoms with Crippen molar-refractivity contribution in [1.82, 2.24) is 4.90 Å². The fraction of sp³-hybridized carbons (Fsp3) is 0.855. The van der Waals surface area contributed by atoms with Crippen LogP contribution in [-0.2, 0) is 25.6 Å². The molecular formula is C55H101NO6. The Morgan fingerprint density at radius 2 is 0.742 bits per heavy atom. The Morgan fingerprint density at radius 1 is 0.419 bits per heavy atom. The van der Waals surface area contributed by atoms with E-state index in [-0.39, 0.29) is 11.9 Å². The van der Waals surface area contributed by atoms with Crippen LogP contribution in [0, 0.1) is 11.8 Å². The number of hydrogen-bond acceptors (Lipinski definition) is 7. The Labute approximate surface area is 384 Å². The third-order valence-corrected chi connectivity index (χ3v) is 12.4. The van der Waals surface area contributed by atoms with E-state index >= 15 is 0 Å². The van der Waals surface area contributed by atoms with E-state index in [1.165, 1.54) is 154 Å². The van der Waals surface area contributed by atoms with Crippen molar-refractivity contribution in [3.05, 3.63) is 23.8 Å². The van der Waals surface area contributed by atoms with Crippen LogP contribution in [0.4, 0.5) is 0 Å². The second-order valence-electron chi connectivity index (χ2n) is 18.9. The van der Waals surface area contributed by atoms with E-state index in [1.54, 1.807) is 0 Å². The SMILES string of the molecule is CCCCCC(CCCCC)CCCCCCCC(=O)OCCCCOc1cc(CN(C)C)cc(OCCCCOC(=O)CCCCCCCC(CCCCC)CCCCC)c1. The quantitative estimate of drug-likeness (QED) is 0.0477. The van der Waals surface area contributed by atoms with Crippen LogP contribution < -0.4 is 9.47 Å². The van der Waals surface area contributed by atoms with Gasteiger partial charge in [0, 0.05) is 25.5 Å². The first kappa shape index (κ1) is 57.7. The highest BCUT2D eigenvalue weighted by atomic mass is 16.5. The highest BCUT2D eigenvalue weighted by Gasteiger charge is 2.11. The van der Waals surface area contributed by atoms with Crippen LogP contribution in [0.15, 0.2) is 18.2 Å². The number of esters is 2. The van der Waals surface area contributed by atoms with E-state index in [2.05, 4.69) is 58.8 Å². The van der Waals surface area contributed by atoms with Gasteiger partial charge < -0.3 is 23.8 Å². The van der Waals surface area contributed by atoms with Gasteiger partial charge in [0.15, 0.2) is 0 Å². The van der Waals surface area contributed by atoms with Gasteiger partial charge in [0.25, 0.3) is 0 Å². The molecule has 0 radical (unpaired) electrons. The van der Waals surface area contributed by atoms with Crippen LogP contribution in [0.1, 0.15) is 252 Å². The van der Waals surface area contributed by atoms with Gasteiger partial charge in [-0.3, -0.25) is 9.59 Å². The summed E-state index contributed by atoms with van der Waals surface area (Å²) in [4.78, 5) is 26.8. The van der Waals surface area contributed by atoms with Gasteiger partial charge in [-0.1, -0.05) is 195 Å². The molecule has 0 heterocycles. The standard InChI is InChI=1S/C55H101NO6/c1-7-11-21-33-49(34-22-12-8-2)37-25-17-15-19-27-39-54(57)61-43-31-29-41-59-52-45-51(48-56(5)6)46-53(47-52)60-42-30-32-44-62-55(58)40-28-20-16-18-26-38-50(35-23-13-9-3)36-24-14-10-4/h45-47,49-50H,7-44,48H2,1-6H3. The van der Waals surface area contributed by atoms with Crippen LogP contribution in [-0.4, -0.2) is 57.4 Å². The first-order valence-electron chi connectivity index (χ1n) is 26.7. The van der Waals surface area contributed by atoms with E-state index in [9.17, 15) is 9.59 Å². The van der Waals surface area contributed by atoms with Crippen molar-refractivity contribution in [3.63, 3.8) is 0 Å². The van der Waals surface area contributed by atoms with Gasteiger partial charge in [0.1, 0.15) is 11.5 Å². The van der Waals surface area contributed by atoms with Crippen molar-refractivity contribution in [2.75, 3.05) is 40.5 Å². The molecule has 1 aromatic rings. The molecule has 0 N–H and O–H groups in total. The number of rotatable bonds is 46. The lowest BCUT2D eigenvalue weighted by Crippen LogP contribution is -2.11. The molecule has 0 unspecified atom stereocenters.